The largest absolute Gasteiger partial charge is 0.357 e. The standard InChI is InChI=1S/C14H24N2/c1-10-15(2)13-9-8-11-6-4-5-7-12(11)14(13)16(10)3/h11-14H,1,4-9H2,2-3H3. The molecule has 3 fully saturated rings. The SMILES string of the molecule is C=C1N(C)C2CCC3CCCCC3C2N1C. The van der Waals surface area contributed by atoms with Crippen LogP contribution < -0.4 is 0 Å². The van der Waals surface area contributed by atoms with Crippen LogP contribution in [0.5, 0.6) is 0 Å². The van der Waals surface area contributed by atoms with E-state index in [1.165, 1.54) is 44.3 Å². The predicted octanol–water partition coefficient (Wildman–Crippen LogP) is 2.67. The lowest BCUT2D eigenvalue weighted by Gasteiger charge is -2.45. The molecule has 0 radical (unpaired) electrons. The van der Waals surface area contributed by atoms with Crippen molar-refractivity contribution in [3.05, 3.63) is 12.4 Å². The second-order valence-electron chi connectivity index (χ2n) is 5.98. The Labute approximate surface area is 99.3 Å². The lowest BCUT2D eigenvalue weighted by molar-refractivity contribution is 0.0700. The Morgan fingerprint density at radius 3 is 2.56 bits per heavy atom. The fraction of sp³-hybridized carbons (Fsp3) is 0.857. The molecule has 0 aromatic rings. The van der Waals surface area contributed by atoms with Crippen molar-refractivity contribution in [1.29, 1.82) is 0 Å². The zero-order chi connectivity index (χ0) is 11.3. The molecule has 0 N–H and O–H groups in total. The van der Waals surface area contributed by atoms with Gasteiger partial charge in [0.2, 0.25) is 0 Å². The highest BCUT2D eigenvalue weighted by Crippen LogP contribution is 2.47. The molecular formula is C14H24N2. The van der Waals surface area contributed by atoms with Gasteiger partial charge in [0.25, 0.3) is 0 Å². The summed E-state index contributed by atoms with van der Waals surface area (Å²) in [5.41, 5.74) is 0. The minimum absolute atomic E-state index is 0.747. The van der Waals surface area contributed by atoms with Gasteiger partial charge in [0.05, 0.1) is 17.9 Å². The van der Waals surface area contributed by atoms with Crippen LogP contribution in [0.4, 0.5) is 0 Å². The third kappa shape index (κ3) is 1.31. The van der Waals surface area contributed by atoms with Crippen molar-refractivity contribution in [2.45, 2.75) is 50.6 Å². The first-order chi connectivity index (χ1) is 7.70. The quantitative estimate of drug-likeness (QED) is 0.619. The van der Waals surface area contributed by atoms with Crippen LogP contribution in [0.3, 0.4) is 0 Å². The maximum absolute atomic E-state index is 4.23. The van der Waals surface area contributed by atoms with E-state index in [2.05, 4.69) is 30.5 Å². The van der Waals surface area contributed by atoms with Gasteiger partial charge in [0.15, 0.2) is 0 Å². The highest BCUT2D eigenvalue weighted by molar-refractivity contribution is 5.12. The number of hydrogen-bond acceptors (Lipinski definition) is 2. The lowest BCUT2D eigenvalue weighted by Crippen LogP contribution is -2.48. The molecule has 16 heavy (non-hydrogen) atoms. The molecule has 4 unspecified atom stereocenters. The predicted molar refractivity (Wildman–Crippen MR) is 66.9 cm³/mol. The monoisotopic (exact) mass is 220 g/mol. The average Bonchev–Trinajstić information content (AvgIpc) is 2.55. The third-order valence-electron chi connectivity index (χ3n) is 5.39. The highest BCUT2D eigenvalue weighted by Gasteiger charge is 2.48. The lowest BCUT2D eigenvalue weighted by atomic mass is 9.66. The molecule has 2 aliphatic carbocycles. The molecule has 0 spiro atoms. The van der Waals surface area contributed by atoms with E-state index in [-0.39, 0.29) is 0 Å². The van der Waals surface area contributed by atoms with Gasteiger partial charge in [0.1, 0.15) is 0 Å². The molecule has 2 saturated carbocycles. The molecule has 4 atom stereocenters. The van der Waals surface area contributed by atoms with Crippen molar-refractivity contribution >= 4 is 0 Å². The van der Waals surface area contributed by atoms with Crippen LogP contribution in [-0.2, 0) is 0 Å². The van der Waals surface area contributed by atoms with E-state index in [0.717, 1.165) is 23.9 Å². The van der Waals surface area contributed by atoms with Crippen LogP contribution in [0.25, 0.3) is 0 Å². The Morgan fingerprint density at radius 2 is 1.75 bits per heavy atom. The molecular weight excluding hydrogens is 196 g/mol. The zero-order valence-corrected chi connectivity index (χ0v) is 10.7. The smallest absolute Gasteiger partial charge is 0.0966 e. The summed E-state index contributed by atoms with van der Waals surface area (Å²) in [6, 6.07) is 1.51. The van der Waals surface area contributed by atoms with Crippen LogP contribution in [0, 0.1) is 11.8 Å². The normalized spacial score (nSPS) is 43.2. The zero-order valence-electron chi connectivity index (χ0n) is 10.7. The summed E-state index contributed by atoms with van der Waals surface area (Å²) in [5, 5.41) is 0. The molecule has 0 bridgehead atoms. The first-order valence-corrected chi connectivity index (χ1v) is 6.84. The molecule has 2 nitrogen and oxygen atoms in total. The van der Waals surface area contributed by atoms with Crippen molar-refractivity contribution in [2.75, 3.05) is 14.1 Å². The Hall–Kier alpha value is -0.660. The molecule has 1 saturated heterocycles. The molecule has 1 aliphatic heterocycles. The second-order valence-corrected chi connectivity index (χ2v) is 5.98. The van der Waals surface area contributed by atoms with Crippen molar-refractivity contribution in [3.8, 4) is 0 Å². The van der Waals surface area contributed by atoms with Crippen molar-refractivity contribution in [1.82, 2.24) is 9.80 Å². The number of fused-ring (bicyclic) bond motifs is 3. The van der Waals surface area contributed by atoms with E-state index in [1.54, 1.807) is 0 Å². The molecule has 90 valence electrons. The third-order valence-corrected chi connectivity index (χ3v) is 5.39. The maximum atomic E-state index is 4.23. The molecule has 2 heteroatoms. The van der Waals surface area contributed by atoms with Gasteiger partial charge in [0, 0.05) is 14.1 Å². The van der Waals surface area contributed by atoms with Crippen LogP contribution in [-0.4, -0.2) is 36.0 Å². The minimum Gasteiger partial charge on any atom is -0.357 e. The molecule has 0 aromatic carbocycles. The van der Waals surface area contributed by atoms with Gasteiger partial charge >= 0.3 is 0 Å². The van der Waals surface area contributed by atoms with Gasteiger partial charge in [-0.3, -0.25) is 0 Å². The van der Waals surface area contributed by atoms with E-state index in [0.29, 0.717) is 0 Å². The first kappa shape index (κ1) is 10.5. The summed E-state index contributed by atoms with van der Waals surface area (Å²) >= 11 is 0. The van der Waals surface area contributed by atoms with E-state index >= 15 is 0 Å². The summed E-state index contributed by atoms with van der Waals surface area (Å²) < 4.78 is 0. The van der Waals surface area contributed by atoms with Crippen LogP contribution in [0.2, 0.25) is 0 Å². The average molecular weight is 220 g/mol. The fourth-order valence-corrected chi connectivity index (χ4v) is 4.47. The van der Waals surface area contributed by atoms with Crippen LogP contribution in [0.1, 0.15) is 38.5 Å². The molecule has 0 aromatic heterocycles. The highest BCUT2D eigenvalue weighted by atomic mass is 15.4. The Balaban J connectivity index is 1.87. The fourth-order valence-electron chi connectivity index (χ4n) is 4.47. The topological polar surface area (TPSA) is 6.48 Å². The van der Waals surface area contributed by atoms with E-state index < -0.39 is 0 Å². The Bertz CT molecular complexity index is 299. The summed E-state index contributed by atoms with van der Waals surface area (Å²) in [4.78, 5) is 4.89. The molecule has 0 amide bonds. The van der Waals surface area contributed by atoms with Crippen LogP contribution >= 0.6 is 0 Å². The summed E-state index contributed by atoms with van der Waals surface area (Å²) in [7, 11) is 4.48. The summed E-state index contributed by atoms with van der Waals surface area (Å²) in [6.45, 7) is 4.23. The maximum Gasteiger partial charge on any atom is 0.0966 e. The number of likely N-dealkylation sites (N-methyl/N-ethyl adjacent to an activating group) is 2. The Kier molecular flexibility index (Phi) is 2.41. The van der Waals surface area contributed by atoms with Gasteiger partial charge in [-0.05, 0) is 31.1 Å². The van der Waals surface area contributed by atoms with Gasteiger partial charge in [-0.2, -0.15) is 0 Å². The molecule has 3 rings (SSSR count). The summed E-state index contributed by atoms with van der Waals surface area (Å²) in [6.07, 6.45) is 8.70. The van der Waals surface area contributed by atoms with Crippen molar-refractivity contribution < 1.29 is 0 Å². The van der Waals surface area contributed by atoms with E-state index in [4.69, 9.17) is 0 Å². The second kappa shape index (κ2) is 3.68. The number of hydrogen-bond donors (Lipinski definition) is 0. The molecule has 1 heterocycles. The van der Waals surface area contributed by atoms with Gasteiger partial charge in [-0.25, -0.2) is 0 Å². The van der Waals surface area contributed by atoms with Gasteiger partial charge < -0.3 is 9.80 Å². The van der Waals surface area contributed by atoms with Gasteiger partial charge in [-0.1, -0.05) is 25.8 Å². The minimum atomic E-state index is 0.747. The van der Waals surface area contributed by atoms with E-state index in [1.807, 2.05) is 0 Å². The molecule has 3 aliphatic rings. The van der Waals surface area contributed by atoms with Gasteiger partial charge in [-0.15, -0.1) is 0 Å². The number of rotatable bonds is 0. The Morgan fingerprint density at radius 1 is 1.00 bits per heavy atom. The number of nitrogens with zero attached hydrogens (tertiary/aromatic N) is 2. The van der Waals surface area contributed by atoms with Crippen molar-refractivity contribution in [3.63, 3.8) is 0 Å². The van der Waals surface area contributed by atoms with E-state index in [9.17, 15) is 0 Å². The van der Waals surface area contributed by atoms with Crippen LogP contribution in [0.15, 0.2) is 12.4 Å². The summed E-state index contributed by atoms with van der Waals surface area (Å²) in [5.74, 6) is 3.19. The first-order valence-electron chi connectivity index (χ1n) is 6.84. The van der Waals surface area contributed by atoms with Crippen molar-refractivity contribution in [2.24, 2.45) is 11.8 Å².